The lowest BCUT2D eigenvalue weighted by Crippen LogP contribution is -3.13. The predicted molar refractivity (Wildman–Crippen MR) is 89.0 cm³/mol. The van der Waals surface area contributed by atoms with Crippen LogP contribution in [0.1, 0.15) is 11.1 Å². The average molecular weight is 314 g/mol. The zero-order valence-electron chi connectivity index (χ0n) is 13.5. The summed E-state index contributed by atoms with van der Waals surface area (Å²) in [6.07, 6.45) is 0.620. The van der Waals surface area contributed by atoms with Gasteiger partial charge in [0.2, 0.25) is 0 Å². The van der Waals surface area contributed by atoms with Crippen molar-refractivity contribution >= 4 is 0 Å². The Balaban J connectivity index is 1.47. The number of hydrogen-bond donors (Lipinski definition) is 2. The van der Waals surface area contributed by atoms with Crippen LogP contribution in [0.25, 0.3) is 0 Å². The third-order valence-corrected chi connectivity index (χ3v) is 4.33. The molecule has 3 rings (SSSR count). The van der Waals surface area contributed by atoms with Crippen molar-refractivity contribution < 1.29 is 19.5 Å². The van der Waals surface area contributed by atoms with Crippen molar-refractivity contribution in [2.75, 3.05) is 26.8 Å². The summed E-state index contributed by atoms with van der Waals surface area (Å²) >= 11 is 0. The molecule has 23 heavy (non-hydrogen) atoms. The van der Waals surface area contributed by atoms with Gasteiger partial charge in [-0.3, -0.25) is 0 Å². The van der Waals surface area contributed by atoms with Gasteiger partial charge in [0.1, 0.15) is 37.3 Å². The van der Waals surface area contributed by atoms with E-state index < -0.39 is 6.10 Å². The van der Waals surface area contributed by atoms with E-state index >= 15 is 0 Å². The van der Waals surface area contributed by atoms with Crippen LogP contribution in [0.4, 0.5) is 0 Å². The van der Waals surface area contributed by atoms with Crippen LogP contribution in [0.2, 0.25) is 0 Å². The van der Waals surface area contributed by atoms with E-state index in [1.165, 1.54) is 16.0 Å². The molecule has 0 saturated heterocycles. The first kappa shape index (κ1) is 15.8. The smallest absolute Gasteiger partial charge is 0.137 e. The fraction of sp³-hybridized carbons (Fsp3) is 0.368. The lowest BCUT2D eigenvalue weighted by atomic mass is 10.00. The third kappa shape index (κ3) is 4.24. The highest BCUT2D eigenvalue weighted by Gasteiger charge is 2.21. The number of benzene rings is 2. The van der Waals surface area contributed by atoms with Crippen LogP contribution in [-0.4, -0.2) is 38.0 Å². The van der Waals surface area contributed by atoms with Crippen LogP contribution in [0.15, 0.2) is 48.5 Å². The summed E-state index contributed by atoms with van der Waals surface area (Å²) in [6, 6.07) is 16.0. The van der Waals surface area contributed by atoms with Crippen LogP contribution < -0.4 is 14.4 Å². The van der Waals surface area contributed by atoms with Crippen molar-refractivity contribution in [3.8, 4) is 11.5 Å². The summed E-state index contributed by atoms with van der Waals surface area (Å²) in [6.45, 7) is 3.08. The molecule has 1 unspecified atom stereocenters. The van der Waals surface area contributed by atoms with Crippen LogP contribution in [-0.2, 0) is 13.0 Å². The van der Waals surface area contributed by atoms with E-state index in [2.05, 4.69) is 24.3 Å². The van der Waals surface area contributed by atoms with Gasteiger partial charge < -0.3 is 19.5 Å². The van der Waals surface area contributed by atoms with E-state index in [-0.39, 0.29) is 0 Å². The zero-order chi connectivity index (χ0) is 16.1. The molecular formula is C19H24NO3+. The van der Waals surface area contributed by atoms with E-state index in [0.29, 0.717) is 13.2 Å². The Labute approximate surface area is 137 Å². The number of hydrogen-bond acceptors (Lipinski definition) is 3. The van der Waals surface area contributed by atoms with Crippen molar-refractivity contribution in [3.05, 3.63) is 59.7 Å². The third-order valence-electron chi connectivity index (χ3n) is 4.33. The monoisotopic (exact) mass is 314 g/mol. The lowest BCUT2D eigenvalue weighted by molar-refractivity contribution is -0.918. The Morgan fingerprint density at radius 1 is 1.04 bits per heavy atom. The Bertz CT molecular complexity index is 627. The second-order valence-corrected chi connectivity index (χ2v) is 6.04. The Morgan fingerprint density at radius 3 is 2.48 bits per heavy atom. The van der Waals surface area contributed by atoms with Gasteiger partial charge >= 0.3 is 0 Å². The first-order chi connectivity index (χ1) is 11.2. The predicted octanol–water partition coefficient (Wildman–Crippen LogP) is 1.08. The summed E-state index contributed by atoms with van der Waals surface area (Å²) in [7, 11) is 1.64. The molecule has 122 valence electrons. The number of aliphatic hydroxyl groups excluding tert-OH is 1. The van der Waals surface area contributed by atoms with Crippen molar-refractivity contribution in [1.82, 2.24) is 0 Å². The van der Waals surface area contributed by atoms with Crippen LogP contribution in [0.3, 0.4) is 0 Å². The highest BCUT2D eigenvalue weighted by atomic mass is 16.5. The molecule has 2 N–H and O–H groups in total. The second kappa shape index (κ2) is 7.49. The van der Waals surface area contributed by atoms with Crippen LogP contribution in [0, 0.1) is 0 Å². The molecule has 0 aliphatic carbocycles. The maximum atomic E-state index is 10.2. The summed E-state index contributed by atoms with van der Waals surface area (Å²) < 4.78 is 10.8. The van der Waals surface area contributed by atoms with Gasteiger partial charge in [0, 0.05) is 12.0 Å². The minimum Gasteiger partial charge on any atom is -0.497 e. The van der Waals surface area contributed by atoms with Crippen LogP contribution >= 0.6 is 0 Å². The molecule has 0 radical (unpaired) electrons. The van der Waals surface area contributed by atoms with Gasteiger partial charge in [-0.15, -0.1) is 0 Å². The number of aliphatic hydroxyl groups is 1. The van der Waals surface area contributed by atoms with E-state index in [9.17, 15) is 5.11 Å². The fourth-order valence-electron chi connectivity index (χ4n) is 3.07. The van der Waals surface area contributed by atoms with Gasteiger partial charge in [-0.25, -0.2) is 0 Å². The number of rotatable bonds is 6. The number of nitrogens with one attached hydrogen (secondary N) is 1. The van der Waals surface area contributed by atoms with E-state index in [1.54, 1.807) is 7.11 Å². The lowest BCUT2D eigenvalue weighted by Gasteiger charge is -2.27. The topological polar surface area (TPSA) is 43.1 Å². The minimum absolute atomic E-state index is 0.317. The first-order valence-electron chi connectivity index (χ1n) is 8.10. The largest absolute Gasteiger partial charge is 0.497 e. The van der Waals surface area contributed by atoms with Gasteiger partial charge in [0.15, 0.2) is 0 Å². The Kier molecular flexibility index (Phi) is 5.16. The van der Waals surface area contributed by atoms with E-state index in [4.69, 9.17) is 9.47 Å². The molecule has 2 aromatic rings. The molecule has 1 aliphatic heterocycles. The van der Waals surface area contributed by atoms with Gasteiger partial charge in [0.25, 0.3) is 0 Å². The highest BCUT2D eigenvalue weighted by molar-refractivity contribution is 5.31. The molecule has 1 heterocycles. The summed E-state index contributed by atoms with van der Waals surface area (Å²) in [5.41, 5.74) is 2.84. The SMILES string of the molecule is COc1ccc(OC[C@@H](O)C[NH+]2CCc3ccccc3C2)cc1. The molecule has 4 nitrogen and oxygen atoms in total. The number of ether oxygens (including phenoxy) is 2. The molecule has 0 aromatic heterocycles. The first-order valence-corrected chi connectivity index (χ1v) is 8.10. The molecule has 0 amide bonds. The molecule has 2 aromatic carbocycles. The van der Waals surface area contributed by atoms with E-state index in [0.717, 1.165) is 31.0 Å². The maximum Gasteiger partial charge on any atom is 0.137 e. The fourth-order valence-corrected chi connectivity index (χ4v) is 3.07. The van der Waals surface area contributed by atoms with Crippen molar-refractivity contribution in [3.63, 3.8) is 0 Å². The molecule has 1 aliphatic rings. The molecule has 0 bridgehead atoms. The number of quaternary nitrogens is 1. The summed E-state index contributed by atoms with van der Waals surface area (Å²) in [4.78, 5) is 1.41. The molecular weight excluding hydrogens is 290 g/mol. The normalized spacial score (nSPS) is 18.1. The van der Waals surface area contributed by atoms with Gasteiger partial charge in [0.05, 0.1) is 13.7 Å². The molecule has 2 atom stereocenters. The van der Waals surface area contributed by atoms with Crippen molar-refractivity contribution in [2.45, 2.75) is 19.1 Å². The second-order valence-electron chi connectivity index (χ2n) is 6.04. The highest BCUT2D eigenvalue weighted by Crippen LogP contribution is 2.17. The quantitative estimate of drug-likeness (QED) is 0.838. The molecule has 0 saturated carbocycles. The summed E-state index contributed by atoms with van der Waals surface area (Å²) in [5.74, 6) is 1.55. The number of methoxy groups -OCH3 is 1. The van der Waals surface area contributed by atoms with Crippen molar-refractivity contribution in [2.24, 2.45) is 0 Å². The Hall–Kier alpha value is -2.04. The maximum absolute atomic E-state index is 10.2. The average Bonchev–Trinajstić information content (AvgIpc) is 2.60. The van der Waals surface area contributed by atoms with Gasteiger partial charge in [-0.2, -0.15) is 0 Å². The van der Waals surface area contributed by atoms with E-state index in [1.807, 2.05) is 24.3 Å². The zero-order valence-corrected chi connectivity index (χ0v) is 13.5. The molecule has 0 fully saturated rings. The minimum atomic E-state index is -0.461. The van der Waals surface area contributed by atoms with Crippen LogP contribution in [0.5, 0.6) is 11.5 Å². The molecule has 0 spiro atoms. The standard InChI is InChI=1S/C19H23NO3/c1-22-18-6-8-19(9-7-18)23-14-17(21)13-20-11-10-15-4-2-3-5-16(15)12-20/h2-9,17,21H,10-14H2,1H3/p+1/t17-/m0/s1. The van der Waals surface area contributed by atoms with Gasteiger partial charge in [-0.1, -0.05) is 24.3 Å². The molecule has 4 heteroatoms. The number of fused-ring (bicyclic) bond motifs is 1. The van der Waals surface area contributed by atoms with Crippen molar-refractivity contribution in [1.29, 1.82) is 0 Å². The Morgan fingerprint density at radius 2 is 1.74 bits per heavy atom. The summed E-state index contributed by atoms with van der Waals surface area (Å²) in [5, 5.41) is 10.2. The van der Waals surface area contributed by atoms with Gasteiger partial charge in [-0.05, 0) is 29.8 Å².